The minimum absolute atomic E-state index is 0.311. The molecule has 12 heavy (non-hydrogen) atoms. The Morgan fingerprint density at radius 2 is 2.17 bits per heavy atom. The van der Waals surface area contributed by atoms with Crippen LogP contribution in [0.25, 0.3) is 0 Å². The molecule has 1 aromatic rings. The fourth-order valence-corrected chi connectivity index (χ4v) is 1.33. The minimum atomic E-state index is -0.311. The highest BCUT2D eigenvalue weighted by molar-refractivity contribution is 5.16. The molecule has 0 radical (unpaired) electrons. The predicted molar refractivity (Wildman–Crippen MR) is 43.0 cm³/mol. The molecule has 0 bridgehead atoms. The second-order valence-electron chi connectivity index (χ2n) is 3.10. The molecule has 3 nitrogen and oxygen atoms in total. The number of furan rings is 1. The highest BCUT2D eigenvalue weighted by Gasteiger charge is 2.43. The third-order valence-corrected chi connectivity index (χ3v) is 2.25. The molecular weight excluding hydrogens is 156 g/mol. The van der Waals surface area contributed by atoms with Crippen molar-refractivity contribution >= 4 is 0 Å². The van der Waals surface area contributed by atoms with Crippen LogP contribution in [-0.2, 0) is 15.1 Å². The summed E-state index contributed by atoms with van der Waals surface area (Å²) < 4.78 is 15.9. The van der Waals surface area contributed by atoms with Gasteiger partial charge in [0.05, 0.1) is 13.2 Å². The molecule has 1 saturated heterocycles. The first-order valence-corrected chi connectivity index (χ1v) is 3.97. The van der Waals surface area contributed by atoms with Crippen LogP contribution in [-0.4, -0.2) is 20.3 Å². The van der Waals surface area contributed by atoms with Crippen LogP contribution in [0.1, 0.15) is 11.5 Å². The number of hydrogen-bond acceptors (Lipinski definition) is 3. The Kier molecular flexibility index (Phi) is 1.70. The van der Waals surface area contributed by atoms with E-state index in [1.165, 1.54) is 0 Å². The lowest BCUT2D eigenvalue weighted by molar-refractivity contribution is -0.211. The Morgan fingerprint density at radius 1 is 1.42 bits per heavy atom. The number of aryl methyl sites for hydroxylation is 1. The van der Waals surface area contributed by atoms with E-state index >= 15 is 0 Å². The van der Waals surface area contributed by atoms with E-state index in [4.69, 9.17) is 13.9 Å². The monoisotopic (exact) mass is 168 g/mol. The van der Waals surface area contributed by atoms with Crippen molar-refractivity contribution in [1.29, 1.82) is 0 Å². The molecule has 3 heteroatoms. The van der Waals surface area contributed by atoms with Gasteiger partial charge in [-0.25, -0.2) is 0 Å². The Labute approximate surface area is 71.3 Å². The average molecular weight is 168 g/mol. The van der Waals surface area contributed by atoms with Crippen molar-refractivity contribution in [3.63, 3.8) is 0 Å². The molecule has 0 atom stereocenters. The zero-order valence-electron chi connectivity index (χ0n) is 7.29. The second-order valence-corrected chi connectivity index (χ2v) is 3.10. The van der Waals surface area contributed by atoms with E-state index in [1.54, 1.807) is 7.11 Å². The van der Waals surface area contributed by atoms with Gasteiger partial charge in [0.15, 0.2) is 5.60 Å². The van der Waals surface area contributed by atoms with Gasteiger partial charge < -0.3 is 13.9 Å². The van der Waals surface area contributed by atoms with Crippen molar-refractivity contribution in [3.8, 4) is 0 Å². The lowest BCUT2D eigenvalue weighted by Gasteiger charge is -2.37. The maximum absolute atomic E-state index is 5.48. The van der Waals surface area contributed by atoms with Crippen LogP contribution in [0.2, 0.25) is 0 Å². The standard InChI is InChI=1S/C9H12O3/c1-7-3-4-8(12-7)9(10-2)5-11-6-9/h3-4H,5-6H2,1-2H3. The minimum Gasteiger partial charge on any atom is -0.463 e. The summed E-state index contributed by atoms with van der Waals surface area (Å²) in [7, 11) is 1.68. The third kappa shape index (κ3) is 0.974. The lowest BCUT2D eigenvalue weighted by Crippen LogP contribution is -2.47. The quantitative estimate of drug-likeness (QED) is 0.670. The fraction of sp³-hybridized carbons (Fsp3) is 0.556. The maximum Gasteiger partial charge on any atom is 0.171 e. The van der Waals surface area contributed by atoms with E-state index in [0.29, 0.717) is 13.2 Å². The van der Waals surface area contributed by atoms with E-state index in [-0.39, 0.29) is 5.60 Å². The first-order valence-electron chi connectivity index (χ1n) is 3.97. The van der Waals surface area contributed by atoms with Crippen LogP contribution in [0.5, 0.6) is 0 Å². The lowest BCUT2D eigenvalue weighted by atomic mass is 9.99. The van der Waals surface area contributed by atoms with Gasteiger partial charge in [-0.15, -0.1) is 0 Å². The van der Waals surface area contributed by atoms with Crippen LogP contribution < -0.4 is 0 Å². The highest BCUT2D eigenvalue weighted by Crippen LogP contribution is 2.33. The fourth-order valence-electron chi connectivity index (χ4n) is 1.33. The molecule has 0 amide bonds. The molecule has 0 unspecified atom stereocenters. The predicted octanol–water partition coefficient (Wildman–Crippen LogP) is 1.46. The maximum atomic E-state index is 5.48. The molecule has 2 heterocycles. The van der Waals surface area contributed by atoms with Gasteiger partial charge in [-0.1, -0.05) is 0 Å². The molecule has 0 saturated carbocycles. The zero-order valence-corrected chi connectivity index (χ0v) is 7.29. The van der Waals surface area contributed by atoms with Gasteiger partial charge in [0.2, 0.25) is 0 Å². The molecule has 0 aliphatic carbocycles. The second kappa shape index (κ2) is 2.61. The van der Waals surface area contributed by atoms with Gasteiger partial charge in [0.1, 0.15) is 11.5 Å². The van der Waals surface area contributed by atoms with E-state index in [2.05, 4.69) is 0 Å². The largest absolute Gasteiger partial charge is 0.463 e. The van der Waals surface area contributed by atoms with Crippen LogP contribution >= 0.6 is 0 Å². The van der Waals surface area contributed by atoms with Gasteiger partial charge in [0, 0.05) is 7.11 Å². The van der Waals surface area contributed by atoms with E-state index in [1.807, 2.05) is 19.1 Å². The molecule has 0 aromatic carbocycles. The van der Waals surface area contributed by atoms with Crippen molar-refractivity contribution < 1.29 is 13.9 Å². The van der Waals surface area contributed by atoms with Gasteiger partial charge in [-0.2, -0.15) is 0 Å². The summed E-state index contributed by atoms with van der Waals surface area (Å²) in [6.07, 6.45) is 0. The molecule has 0 N–H and O–H groups in total. The normalized spacial score (nSPS) is 20.5. The molecule has 2 rings (SSSR count). The molecule has 1 aromatic heterocycles. The van der Waals surface area contributed by atoms with Gasteiger partial charge >= 0.3 is 0 Å². The van der Waals surface area contributed by atoms with Gasteiger partial charge in [-0.05, 0) is 19.1 Å². The van der Waals surface area contributed by atoms with Gasteiger partial charge in [-0.3, -0.25) is 0 Å². The van der Waals surface area contributed by atoms with Crippen molar-refractivity contribution in [3.05, 3.63) is 23.7 Å². The summed E-state index contributed by atoms with van der Waals surface area (Å²) in [4.78, 5) is 0. The molecule has 1 aliphatic heterocycles. The van der Waals surface area contributed by atoms with Crippen molar-refractivity contribution in [1.82, 2.24) is 0 Å². The van der Waals surface area contributed by atoms with E-state index < -0.39 is 0 Å². The van der Waals surface area contributed by atoms with Crippen molar-refractivity contribution in [2.24, 2.45) is 0 Å². The van der Waals surface area contributed by atoms with Crippen molar-refractivity contribution in [2.75, 3.05) is 20.3 Å². The van der Waals surface area contributed by atoms with Crippen molar-refractivity contribution in [2.45, 2.75) is 12.5 Å². The highest BCUT2D eigenvalue weighted by atomic mass is 16.6. The summed E-state index contributed by atoms with van der Waals surface area (Å²) in [5, 5.41) is 0. The Morgan fingerprint density at radius 3 is 2.50 bits per heavy atom. The van der Waals surface area contributed by atoms with Crippen LogP contribution in [0.4, 0.5) is 0 Å². The summed E-state index contributed by atoms with van der Waals surface area (Å²) in [6.45, 7) is 3.11. The molecule has 0 spiro atoms. The number of hydrogen-bond donors (Lipinski definition) is 0. The smallest absolute Gasteiger partial charge is 0.171 e. The summed E-state index contributed by atoms with van der Waals surface area (Å²) >= 11 is 0. The third-order valence-electron chi connectivity index (χ3n) is 2.25. The topological polar surface area (TPSA) is 31.6 Å². The first-order chi connectivity index (χ1) is 5.77. The zero-order chi connectivity index (χ0) is 8.60. The Bertz CT molecular complexity index is 268. The van der Waals surface area contributed by atoms with E-state index in [9.17, 15) is 0 Å². The molecular formula is C9H12O3. The van der Waals surface area contributed by atoms with Crippen LogP contribution in [0.15, 0.2) is 16.5 Å². The first kappa shape index (κ1) is 7.83. The molecule has 1 fully saturated rings. The molecule has 1 aliphatic rings. The van der Waals surface area contributed by atoms with E-state index in [0.717, 1.165) is 11.5 Å². The van der Waals surface area contributed by atoms with Gasteiger partial charge in [0.25, 0.3) is 0 Å². The Balaban J connectivity index is 2.27. The summed E-state index contributed by atoms with van der Waals surface area (Å²) in [6, 6.07) is 3.88. The van der Waals surface area contributed by atoms with Crippen LogP contribution in [0.3, 0.4) is 0 Å². The summed E-state index contributed by atoms with van der Waals surface area (Å²) in [5.41, 5.74) is -0.311. The Hall–Kier alpha value is -0.800. The van der Waals surface area contributed by atoms with Crippen LogP contribution in [0, 0.1) is 6.92 Å². The summed E-state index contributed by atoms with van der Waals surface area (Å²) in [5.74, 6) is 1.78. The SMILES string of the molecule is COC1(c2ccc(C)o2)COC1. The molecule has 66 valence electrons. The number of methoxy groups -OCH3 is 1. The number of rotatable bonds is 2. The average Bonchev–Trinajstić information content (AvgIpc) is 2.35. The number of ether oxygens (including phenoxy) is 2.